The van der Waals surface area contributed by atoms with Crippen LogP contribution in [0.25, 0.3) is 0 Å². The molecular weight excluding hydrogens is 145 g/mol. The molecule has 0 fully saturated rings. The van der Waals surface area contributed by atoms with Crippen molar-refractivity contribution in [1.29, 1.82) is 0 Å². The second-order valence-corrected chi connectivity index (χ2v) is 1.85. The van der Waals surface area contributed by atoms with Crippen LogP contribution in [0.3, 0.4) is 0 Å². The van der Waals surface area contributed by atoms with Crippen LogP contribution < -0.4 is 4.74 Å². The van der Waals surface area contributed by atoms with E-state index in [1.807, 2.05) is 0 Å². The van der Waals surface area contributed by atoms with Gasteiger partial charge in [0.25, 0.3) is 0 Å². The van der Waals surface area contributed by atoms with Gasteiger partial charge in [0.1, 0.15) is 11.4 Å². The number of rotatable bonds is 1. The summed E-state index contributed by atoms with van der Waals surface area (Å²) >= 11 is 0. The lowest BCUT2D eigenvalue weighted by atomic mass is 10.3. The van der Waals surface area contributed by atoms with Crippen molar-refractivity contribution in [3.63, 3.8) is 0 Å². The van der Waals surface area contributed by atoms with Crippen LogP contribution in [0.4, 0.5) is 4.39 Å². The fourth-order valence-electron chi connectivity index (χ4n) is 0.638. The van der Waals surface area contributed by atoms with E-state index in [-0.39, 0.29) is 5.69 Å². The van der Waals surface area contributed by atoms with Crippen molar-refractivity contribution in [1.82, 2.24) is 4.98 Å². The third-order valence-electron chi connectivity index (χ3n) is 1.19. The van der Waals surface area contributed by atoms with E-state index in [1.165, 1.54) is 19.4 Å². The molecule has 0 unspecified atom stereocenters. The Labute approximate surface area is 64.0 Å². The Bertz CT molecular complexity index is 303. The topological polar surface area (TPSA) is 22.1 Å². The van der Waals surface area contributed by atoms with Crippen molar-refractivity contribution in [2.45, 2.75) is 0 Å². The number of ether oxygens (including phenoxy) is 1. The molecule has 0 N–H and O–H groups in total. The molecule has 0 saturated heterocycles. The van der Waals surface area contributed by atoms with E-state index in [4.69, 9.17) is 11.2 Å². The maximum Gasteiger partial charge on any atom is 0.161 e. The minimum atomic E-state index is -0.535. The predicted octanol–water partition coefficient (Wildman–Crippen LogP) is 1.21. The highest BCUT2D eigenvalue weighted by atomic mass is 19.1. The third-order valence-corrected chi connectivity index (χ3v) is 1.19. The van der Waals surface area contributed by atoms with Gasteiger partial charge in [-0.25, -0.2) is 9.37 Å². The maximum absolute atomic E-state index is 12.8. The van der Waals surface area contributed by atoms with Gasteiger partial charge in [0.2, 0.25) is 0 Å². The number of hydrogen-bond donors (Lipinski definition) is 0. The summed E-state index contributed by atoms with van der Waals surface area (Å²) < 4.78 is 17.5. The molecule has 0 aromatic carbocycles. The zero-order chi connectivity index (χ0) is 8.27. The minimum absolute atomic E-state index is 0.00537. The monoisotopic (exact) mass is 151 g/mol. The zero-order valence-electron chi connectivity index (χ0n) is 5.97. The van der Waals surface area contributed by atoms with E-state index >= 15 is 0 Å². The molecular formula is C8H6FNO. The largest absolute Gasteiger partial charge is 0.495 e. The molecule has 0 spiro atoms. The van der Waals surface area contributed by atoms with Gasteiger partial charge >= 0.3 is 0 Å². The van der Waals surface area contributed by atoms with E-state index in [1.54, 1.807) is 0 Å². The van der Waals surface area contributed by atoms with Gasteiger partial charge in [0, 0.05) is 6.07 Å². The molecule has 2 nitrogen and oxygen atoms in total. The molecule has 0 bridgehead atoms. The van der Waals surface area contributed by atoms with Crippen LogP contribution in [0, 0.1) is 18.2 Å². The maximum atomic E-state index is 12.8. The molecule has 0 radical (unpaired) electrons. The van der Waals surface area contributed by atoms with Gasteiger partial charge < -0.3 is 4.74 Å². The van der Waals surface area contributed by atoms with E-state index in [0.29, 0.717) is 5.75 Å². The first kappa shape index (κ1) is 7.55. The Kier molecular flexibility index (Phi) is 2.07. The van der Waals surface area contributed by atoms with Crippen LogP contribution in [0.1, 0.15) is 5.69 Å². The van der Waals surface area contributed by atoms with Crippen molar-refractivity contribution in [3.8, 4) is 18.1 Å². The van der Waals surface area contributed by atoms with Crippen molar-refractivity contribution >= 4 is 0 Å². The van der Waals surface area contributed by atoms with Crippen LogP contribution in [0.15, 0.2) is 12.3 Å². The predicted molar refractivity (Wildman–Crippen MR) is 38.7 cm³/mol. The van der Waals surface area contributed by atoms with E-state index in [0.717, 1.165) is 0 Å². The molecule has 0 atom stereocenters. The number of methoxy groups -OCH3 is 1. The average molecular weight is 151 g/mol. The second-order valence-electron chi connectivity index (χ2n) is 1.85. The fraction of sp³-hybridized carbons (Fsp3) is 0.125. The summed E-state index contributed by atoms with van der Waals surface area (Å²) in [7, 11) is 1.44. The summed E-state index contributed by atoms with van der Waals surface area (Å²) in [6.07, 6.45) is 6.32. The van der Waals surface area contributed by atoms with E-state index in [2.05, 4.69) is 10.9 Å². The molecule has 1 aromatic heterocycles. The Morgan fingerprint density at radius 2 is 2.45 bits per heavy atom. The Hall–Kier alpha value is -1.56. The number of nitrogens with zero attached hydrogens (tertiary/aromatic N) is 1. The molecule has 1 heterocycles. The van der Waals surface area contributed by atoms with Crippen LogP contribution in [-0.2, 0) is 0 Å². The summed E-state index contributed by atoms with van der Waals surface area (Å²) in [5, 5.41) is 0. The quantitative estimate of drug-likeness (QED) is 0.563. The third kappa shape index (κ3) is 1.47. The van der Waals surface area contributed by atoms with Gasteiger partial charge in [-0.3, -0.25) is 0 Å². The number of pyridine rings is 1. The molecule has 56 valence electrons. The fourth-order valence-corrected chi connectivity index (χ4v) is 0.638. The van der Waals surface area contributed by atoms with Crippen molar-refractivity contribution in [2.75, 3.05) is 7.11 Å². The summed E-state index contributed by atoms with van der Waals surface area (Å²) in [6.45, 7) is 0. The van der Waals surface area contributed by atoms with Gasteiger partial charge in [0.05, 0.1) is 13.3 Å². The van der Waals surface area contributed by atoms with E-state index < -0.39 is 5.82 Å². The highest BCUT2D eigenvalue weighted by Crippen LogP contribution is 2.11. The smallest absolute Gasteiger partial charge is 0.161 e. The van der Waals surface area contributed by atoms with Crippen LogP contribution in [0.5, 0.6) is 5.75 Å². The molecule has 11 heavy (non-hydrogen) atoms. The van der Waals surface area contributed by atoms with Crippen LogP contribution in [0.2, 0.25) is 0 Å². The van der Waals surface area contributed by atoms with Crippen molar-refractivity contribution in [2.24, 2.45) is 0 Å². The lowest BCUT2D eigenvalue weighted by Crippen LogP contribution is -1.91. The lowest BCUT2D eigenvalue weighted by Gasteiger charge is -1.98. The van der Waals surface area contributed by atoms with E-state index in [9.17, 15) is 4.39 Å². The first-order chi connectivity index (χ1) is 5.27. The molecule has 0 saturated carbocycles. The van der Waals surface area contributed by atoms with Gasteiger partial charge in [-0.15, -0.1) is 6.42 Å². The minimum Gasteiger partial charge on any atom is -0.495 e. The Morgan fingerprint density at radius 1 is 1.73 bits per heavy atom. The summed E-state index contributed by atoms with van der Waals surface area (Å²) in [6, 6.07) is 1.20. The number of halogens is 1. The molecule has 3 heteroatoms. The molecule has 0 aliphatic carbocycles. The number of terminal acetylenes is 1. The zero-order valence-corrected chi connectivity index (χ0v) is 5.97. The Morgan fingerprint density at radius 3 is 2.91 bits per heavy atom. The highest BCUT2D eigenvalue weighted by molar-refractivity contribution is 5.30. The van der Waals surface area contributed by atoms with Crippen LogP contribution >= 0.6 is 0 Å². The van der Waals surface area contributed by atoms with Gasteiger partial charge in [-0.2, -0.15) is 0 Å². The molecule has 1 aromatic rings. The SMILES string of the molecule is C#Cc1ncc(OC)cc1F. The number of hydrogen-bond acceptors (Lipinski definition) is 2. The first-order valence-electron chi connectivity index (χ1n) is 2.94. The molecule has 0 aliphatic rings. The first-order valence-corrected chi connectivity index (χ1v) is 2.94. The summed E-state index contributed by atoms with van der Waals surface area (Å²) in [4.78, 5) is 3.63. The number of aromatic nitrogens is 1. The van der Waals surface area contributed by atoms with Gasteiger partial charge in [0.15, 0.2) is 5.82 Å². The van der Waals surface area contributed by atoms with Crippen molar-refractivity contribution in [3.05, 3.63) is 23.8 Å². The van der Waals surface area contributed by atoms with Gasteiger partial charge in [-0.05, 0) is 5.92 Å². The Balaban J connectivity index is 3.12. The normalized spacial score (nSPS) is 8.82. The molecule has 0 aliphatic heterocycles. The summed E-state index contributed by atoms with van der Waals surface area (Å²) in [5.41, 5.74) is 0.00537. The molecule has 1 rings (SSSR count). The molecule has 0 amide bonds. The lowest BCUT2D eigenvalue weighted by molar-refractivity contribution is 0.408. The standard InChI is InChI=1S/C8H6FNO/c1-3-8-7(9)4-6(11-2)5-10-8/h1,4-5H,2H3. The second kappa shape index (κ2) is 3.02. The van der Waals surface area contributed by atoms with Gasteiger partial charge in [-0.1, -0.05) is 0 Å². The highest BCUT2D eigenvalue weighted by Gasteiger charge is 2.01. The van der Waals surface area contributed by atoms with Crippen molar-refractivity contribution < 1.29 is 9.13 Å². The summed E-state index contributed by atoms with van der Waals surface area (Å²) in [5.74, 6) is 1.93. The van der Waals surface area contributed by atoms with Crippen LogP contribution in [-0.4, -0.2) is 12.1 Å². The average Bonchev–Trinajstić information content (AvgIpc) is 2.04.